The Bertz CT molecular complexity index is 513. The number of hydrogen-bond donors (Lipinski definition) is 1. The number of carbonyl (C=O) groups is 1. The van der Waals surface area contributed by atoms with Gasteiger partial charge in [0.15, 0.2) is 0 Å². The van der Waals surface area contributed by atoms with Gasteiger partial charge in [-0.3, -0.25) is 4.79 Å². The Labute approximate surface area is 117 Å². The molecule has 1 N–H and O–H groups in total. The molecule has 0 aliphatic carbocycles. The third-order valence-corrected chi connectivity index (χ3v) is 4.38. The van der Waals surface area contributed by atoms with Crippen molar-refractivity contribution in [1.29, 1.82) is 0 Å². The summed E-state index contributed by atoms with van der Waals surface area (Å²) >= 11 is 0. The summed E-state index contributed by atoms with van der Waals surface area (Å²) in [6.45, 7) is 3.15. The van der Waals surface area contributed by atoms with Crippen LogP contribution in [0.15, 0.2) is 18.2 Å². The van der Waals surface area contributed by atoms with Gasteiger partial charge in [0.1, 0.15) is 11.6 Å². The second-order valence-electron chi connectivity index (χ2n) is 5.56. The number of hydrogen-bond acceptors (Lipinski definition) is 3. The Morgan fingerprint density at radius 2 is 2.15 bits per heavy atom. The highest BCUT2D eigenvalue weighted by atomic mass is 19.1. The fourth-order valence-electron chi connectivity index (χ4n) is 3.23. The summed E-state index contributed by atoms with van der Waals surface area (Å²) in [5.74, 6) is 0.277. The Morgan fingerprint density at radius 3 is 2.75 bits per heavy atom. The lowest BCUT2D eigenvalue weighted by Gasteiger charge is -2.44. The maximum absolute atomic E-state index is 13.3. The molecule has 5 heteroatoms. The number of fused-ring (bicyclic) bond motifs is 3. The van der Waals surface area contributed by atoms with Gasteiger partial charge < -0.3 is 15.0 Å². The highest BCUT2D eigenvalue weighted by molar-refractivity contribution is 5.97. The van der Waals surface area contributed by atoms with Crippen LogP contribution >= 0.6 is 0 Å². The highest BCUT2D eigenvalue weighted by Crippen LogP contribution is 2.28. The van der Waals surface area contributed by atoms with Crippen molar-refractivity contribution in [2.24, 2.45) is 5.92 Å². The lowest BCUT2D eigenvalue weighted by atomic mass is 9.84. The monoisotopic (exact) mass is 278 g/mol. The fourth-order valence-corrected chi connectivity index (χ4v) is 3.23. The van der Waals surface area contributed by atoms with E-state index >= 15 is 0 Å². The van der Waals surface area contributed by atoms with Crippen molar-refractivity contribution in [1.82, 2.24) is 10.2 Å². The van der Waals surface area contributed by atoms with E-state index in [1.807, 2.05) is 0 Å². The summed E-state index contributed by atoms with van der Waals surface area (Å²) in [6.07, 6.45) is 2.26. The lowest BCUT2D eigenvalue weighted by Crippen LogP contribution is -2.57. The van der Waals surface area contributed by atoms with Crippen LogP contribution in [0.5, 0.6) is 5.75 Å². The van der Waals surface area contributed by atoms with E-state index in [9.17, 15) is 9.18 Å². The predicted octanol–water partition coefficient (Wildman–Crippen LogP) is 1.66. The highest BCUT2D eigenvalue weighted by Gasteiger charge is 2.35. The normalized spacial score (nSPS) is 28.2. The topological polar surface area (TPSA) is 41.6 Å². The van der Waals surface area contributed by atoms with Gasteiger partial charge in [-0.25, -0.2) is 4.39 Å². The summed E-state index contributed by atoms with van der Waals surface area (Å²) in [4.78, 5) is 14.7. The second kappa shape index (κ2) is 5.40. The summed E-state index contributed by atoms with van der Waals surface area (Å²) in [5.41, 5.74) is 0.268. The fraction of sp³-hybridized carbons (Fsp3) is 0.533. The van der Waals surface area contributed by atoms with Crippen molar-refractivity contribution < 1.29 is 13.9 Å². The molecule has 1 aromatic carbocycles. The van der Waals surface area contributed by atoms with Gasteiger partial charge in [0.05, 0.1) is 12.7 Å². The molecular weight excluding hydrogens is 259 g/mol. The first-order valence-corrected chi connectivity index (χ1v) is 7.04. The Morgan fingerprint density at radius 1 is 1.40 bits per heavy atom. The number of nitrogens with zero attached hydrogens (tertiary/aromatic N) is 1. The molecule has 3 saturated heterocycles. The van der Waals surface area contributed by atoms with Gasteiger partial charge in [-0.1, -0.05) is 0 Å². The summed E-state index contributed by atoms with van der Waals surface area (Å²) in [5, 5.41) is 3.04. The minimum Gasteiger partial charge on any atom is -0.496 e. The number of carbonyl (C=O) groups excluding carboxylic acids is 1. The largest absolute Gasteiger partial charge is 0.496 e. The standard InChI is InChI=1S/C15H19FN2O2/c1-20-14-3-2-11(16)8-12(14)15(19)17-13-9-18-6-4-10(13)5-7-18/h2-3,8,10,13H,4-7,9H2,1H3,(H,17,19). The van der Waals surface area contributed by atoms with Gasteiger partial charge in [0.25, 0.3) is 5.91 Å². The van der Waals surface area contributed by atoms with E-state index < -0.39 is 5.82 Å². The number of piperidine rings is 3. The van der Waals surface area contributed by atoms with Crippen LogP contribution < -0.4 is 10.1 Å². The summed E-state index contributed by atoms with van der Waals surface area (Å²) < 4.78 is 18.5. The van der Waals surface area contributed by atoms with Gasteiger partial charge in [0, 0.05) is 12.6 Å². The molecule has 4 rings (SSSR count). The summed E-state index contributed by atoms with van der Waals surface area (Å²) in [6, 6.07) is 4.18. The first-order chi connectivity index (χ1) is 9.67. The molecular formula is C15H19FN2O2. The van der Waals surface area contributed by atoms with Crippen molar-refractivity contribution in [3.63, 3.8) is 0 Å². The molecule has 3 fully saturated rings. The molecule has 4 nitrogen and oxygen atoms in total. The molecule has 1 unspecified atom stereocenters. The van der Waals surface area contributed by atoms with Gasteiger partial charge in [-0.2, -0.15) is 0 Å². The van der Waals surface area contributed by atoms with Crippen LogP contribution in [0.25, 0.3) is 0 Å². The number of halogens is 1. The van der Waals surface area contributed by atoms with E-state index in [4.69, 9.17) is 4.74 Å². The lowest BCUT2D eigenvalue weighted by molar-refractivity contribution is 0.0618. The SMILES string of the molecule is COc1ccc(F)cc1C(=O)NC1CN2CCC1CC2. The Kier molecular flexibility index (Phi) is 3.61. The van der Waals surface area contributed by atoms with Crippen molar-refractivity contribution in [3.8, 4) is 5.75 Å². The molecule has 3 aliphatic heterocycles. The Balaban J connectivity index is 1.75. The Hall–Kier alpha value is -1.62. The quantitative estimate of drug-likeness (QED) is 0.914. The summed E-state index contributed by atoms with van der Waals surface area (Å²) in [7, 11) is 1.48. The molecule has 2 bridgehead atoms. The van der Waals surface area contributed by atoms with Crippen molar-refractivity contribution >= 4 is 5.91 Å². The molecule has 0 saturated carbocycles. The van der Waals surface area contributed by atoms with Gasteiger partial charge in [-0.05, 0) is 50.0 Å². The molecule has 0 aromatic heterocycles. The van der Waals surface area contributed by atoms with E-state index in [2.05, 4.69) is 10.2 Å². The van der Waals surface area contributed by atoms with Crippen LogP contribution in [0.3, 0.4) is 0 Å². The second-order valence-corrected chi connectivity index (χ2v) is 5.56. The van der Waals surface area contributed by atoms with Gasteiger partial charge in [-0.15, -0.1) is 0 Å². The van der Waals surface area contributed by atoms with Gasteiger partial charge in [0.2, 0.25) is 0 Å². The number of rotatable bonds is 3. The van der Waals surface area contributed by atoms with Crippen LogP contribution in [0, 0.1) is 11.7 Å². The van der Waals surface area contributed by atoms with E-state index in [0.29, 0.717) is 11.7 Å². The minimum atomic E-state index is -0.426. The molecule has 3 heterocycles. The van der Waals surface area contributed by atoms with Crippen molar-refractivity contribution in [2.45, 2.75) is 18.9 Å². The van der Waals surface area contributed by atoms with Crippen LogP contribution in [0.4, 0.5) is 4.39 Å². The number of amides is 1. The average Bonchev–Trinajstić information content (AvgIpc) is 2.48. The maximum Gasteiger partial charge on any atom is 0.255 e. The minimum absolute atomic E-state index is 0.165. The van der Waals surface area contributed by atoms with Crippen LogP contribution in [-0.2, 0) is 0 Å². The molecule has 0 spiro atoms. The average molecular weight is 278 g/mol. The molecule has 1 atom stereocenters. The molecule has 1 amide bonds. The zero-order valence-electron chi connectivity index (χ0n) is 11.6. The molecule has 3 aliphatic rings. The van der Waals surface area contributed by atoms with Crippen molar-refractivity contribution in [3.05, 3.63) is 29.6 Å². The first kappa shape index (κ1) is 13.4. The number of ether oxygens (including phenoxy) is 1. The van der Waals surface area contributed by atoms with Crippen LogP contribution in [-0.4, -0.2) is 43.6 Å². The number of benzene rings is 1. The van der Waals surface area contributed by atoms with E-state index in [1.54, 1.807) is 0 Å². The third kappa shape index (κ3) is 2.50. The smallest absolute Gasteiger partial charge is 0.255 e. The number of methoxy groups -OCH3 is 1. The molecule has 108 valence electrons. The zero-order chi connectivity index (χ0) is 14.1. The van der Waals surface area contributed by atoms with E-state index in [0.717, 1.165) is 32.5 Å². The number of nitrogens with one attached hydrogen (secondary N) is 1. The third-order valence-electron chi connectivity index (χ3n) is 4.38. The van der Waals surface area contributed by atoms with Crippen molar-refractivity contribution in [2.75, 3.05) is 26.7 Å². The van der Waals surface area contributed by atoms with Crippen LogP contribution in [0.2, 0.25) is 0 Å². The molecule has 0 radical (unpaired) electrons. The zero-order valence-corrected chi connectivity index (χ0v) is 11.6. The molecule has 1 aromatic rings. The predicted molar refractivity (Wildman–Crippen MR) is 73.4 cm³/mol. The maximum atomic E-state index is 13.3. The van der Waals surface area contributed by atoms with Gasteiger partial charge >= 0.3 is 0 Å². The molecule has 20 heavy (non-hydrogen) atoms. The first-order valence-electron chi connectivity index (χ1n) is 7.04. The van der Waals surface area contributed by atoms with Crippen LogP contribution in [0.1, 0.15) is 23.2 Å². The van der Waals surface area contributed by atoms with E-state index in [-0.39, 0.29) is 17.5 Å². The van der Waals surface area contributed by atoms with E-state index in [1.165, 1.54) is 25.3 Å².